The lowest BCUT2D eigenvalue weighted by Crippen LogP contribution is -2.54. The van der Waals surface area contributed by atoms with Crippen molar-refractivity contribution >= 4 is 51.5 Å². The first-order valence-electron chi connectivity index (χ1n) is 10.4. The van der Waals surface area contributed by atoms with Gasteiger partial charge in [-0.2, -0.15) is 0 Å². The van der Waals surface area contributed by atoms with Gasteiger partial charge in [0.1, 0.15) is 17.9 Å². The number of nitrogens with one attached hydrogen (secondary N) is 1. The van der Waals surface area contributed by atoms with Gasteiger partial charge in [0.15, 0.2) is 0 Å². The third-order valence-electron chi connectivity index (χ3n) is 5.15. The molecule has 1 fully saturated rings. The van der Waals surface area contributed by atoms with Crippen LogP contribution in [0, 0.1) is 0 Å². The van der Waals surface area contributed by atoms with E-state index in [9.17, 15) is 19.2 Å². The van der Waals surface area contributed by atoms with Gasteiger partial charge in [-0.15, -0.1) is 0 Å². The van der Waals surface area contributed by atoms with Gasteiger partial charge in [-0.1, -0.05) is 36.4 Å². The molecule has 1 aliphatic heterocycles. The van der Waals surface area contributed by atoms with Crippen LogP contribution in [0.1, 0.15) is 21.5 Å². The molecular formula is C26H19BrN2O6. The highest BCUT2D eigenvalue weighted by Crippen LogP contribution is 2.29. The van der Waals surface area contributed by atoms with Gasteiger partial charge < -0.3 is 9.47 Å². The number of halogens is 1. The van der Waals surface area contributed by atoms with E-state index in [4.69, 9.17) is 4.74 Å². The topological polar surface area (TPSA) is 102 Å². The molecule has 0 radical (unpaired) electrons. The normalized spacial score (nSPS) is 14.6. The van der Waals surface area contributed by atoms with E-state index in [1.165, 1.54) is 37.5 Å². The van der Waals surface area contributed by atoms with Gasteiger partial charge in [-0.05, 0) is 69.5 Å². The van der Waals surface area contributed by atoms with Crippen molar-refractivity contribution in [1.29, 1.82) is 0 Å². The molecule has 176 valence electrons. The summed E-state index contributed by atoms with van der Waals surface area (Å²) < 4.78 is 11.1. The van der Waals surface area contributed by atoms with Gasteiger partial charge >= 0.3 is 12.0 Å². The maximum Gasteiger partial charge on any atom is 0.337 e. The second-order valence-electron chi connectivity index (χ2n) is 7.46. The molecule has 0 spiro atoms. The molecule has 8 nitrogen and oxygen atoms in total. The number of anilines is 1. The summed E-state index contributed by atoms with van der Waals surface area (Å²) in [6.45, 7) is 0.382. The number of methoxy groups -OCH3 is 1. The van der Waals surface area contributed by atoms with E-state index in [-0.39, 0.29) is 16.8 Å². The zero-order valence-electron chi connectivity index (χ0n) is 18.5. The van der Waals surface area contributed by atoms with E-state index in [0.29, 0.717) is 22.4 Å². The zero-order chi connectivity index (χ0) is 24.9. The minimum Gasteiger partial charge on any atom is -0.488 e. The first-order valence-corrected chi connectivity index (χ1v) is 11.2. The van der Waals surface area contributed by atoms with Crippen molar-refractivity contribution < 1.29 is 28.7 Å². The molecule has 1 N–H and O–H groups in total. The smallest absolute Gasteiger partial charge is 0.337 e. The Hall–Kier alpha value is -4.24. The molecule has 0 bridgehead atoms. The van der Waals surface area contributed by atoms with Crippen LogP contribution < -0.4 is 15.0 Å². The molecule has 1 saturated heterocycles. The minimum atomic E-state index is -0.881. The van der Waals surface area contributed by atoms with Gasteiger partial charge in [0.2, 0.25) is 0 Å². The number of amides is 4. The number of carbonyl (C=O) groups excluding carboxylic acids is 4. The molecular weight excluding hydrogens is 516 g/mol. The number of imide groups is 2. The van der Waals surface area contributed by atoms with E-state index < -0.39 is 23.8 Å². The zero-order valence-corrected chi connectivity index (χ0v) is 20.1. The Kier molecular flexibility index (Phi) is 7.07. The molecule has 3 aromatic rings. The van der Waals surface area contributed by atoms with E-state index in [1.807, 2.05) is 30.3 Å². The van der Waals surface area contributed by atoms with Crippen LogP contribution in [0.3, 0.4) is 0 Å². The van der Waals surface area contributed by atoms with Crippen molar-refractivity contribution in [2.45, 2.75) is 6.61 Å². The van der Waals surface area contributed by atoms with Crippen LogP contribution in [-0.4, -0.2) is 30.9 Å². The second kappa shape index (κ2) is 10.4. The SMILES string of the molecule is COC(=O)c1ccc(N2C(=O)NC(=O)/C(=C\c3ccc(OCc4ccccc4)c(Br)c3)C2=O)cc1. The van der Waals surface area contributed by atoms with Crippen molar-refractivity contribution in [3.63, 3.8) is 0 Å². The highest BCUT2D eigenvalue weighted by Gasteiger charge is 2.36. The summed E-state index contributed by atoms with van der Waals surface area (Å²) in [4.78, 5) is 50.4. The molecule has 9 heteroatoms. The van der Waals surface area contributed by atoms with E-state index in [1.54, 1.807) is 18.2 Å². The van der Waals surface area contributed by atoms with Crippen LogP contribution >= 0.6 is 15.9 Å². The van der Waals surface area contributed by atoms with Crippen LogP contribution in [0.2, 0.25) is 0 Å². The minimum absolute atomic E-state index is 0.199. The summed E-state index contributed by atoms with van der Waals surface area (Å²) in [7, 11) is 1.25. The number of carbonyl (C=O) groups is 4. The molecule has 35 heavy (non-hydrogen) atoms. The monoisotopic (exact) mass is 534 g/mol. The molecule has 0 aliphatic carbocycles. The Morgan fingerprint density at radius 3 is 2.37 bits per heavy atom. The van der Waals surface area contributed by atoms with Crippen LogP contribution in [0.25, 0.3) is 6.08 Å². The predicted molar refractivity (Wildman–Crippen MR) is 132 cm³/mol. The van der Waals surface area contributed by atoms with E-state index in [0.717, 1.165) is 10.5 Å². The lowest BCUT2D eigenvalue weighted by atomic mass is 10.1. The van der Waals surface area contributed by atoms with Crippen molar-refractivity contribution in [3.05, 3.63) is 99.5 Å². The third kappa shape index (κ3) is 5.30. The number of hydrogen-bond donors (Lipinski definition) is 1. The Morgan fingerprint density at radius 1 is 1.00 bits per heavy atom. The average Bonchev–Trinajstić information content (AvgIpc) is 2.86. The number of urea groups is 1. The Morgan fingerprint density at radius 2 is 1.71 bits per heavy atom. The molecule has 1 heterocycles. The molecule has 1 aliphatic rings. The van der Waals surface area contributed by atoms with E-state index in [2.05, 4.69) is 26.0 Å². The van der Waals surface area contributed by atoms with Gasteiger partial charge in [0.05, 0.1) is 22.8 Å². The van der Waals surface area contributed by atoms with Crippen molar-refractivity contribution in [2.75, 3.05) is 12.0 Å². The molecule has 3 aromatic carbocycles. The third-order valence-corrected chi connectivity index (χ3v) is 5.77. The molecule has 0 saturated carbocycles. The maximum atomic E-state index is 13.1. The van der Waals surface area contributed by atoms with Crippen molar-refractivity contribution in [1.82, 2.24) is 5.32 Å². The van der Waals surface area contributed by atoms with Crippen LogP contribution in [0.15, 0.2) is 82.8 Å². The number of esters is 1. The summed E-state index contributed by atoms with van der Waals surface area (Å²) in [5.41, 5.74) is 1.81. The quantitative estimate of drug-likeness (QED) is 0.284. The fourth-order valence-electron chi connectivity index (χ4n) is 3.38. The maximum absolute atomic E-state index is 13.1. The highest BCUT2D eigenvalue weighted by molar-refractivity contribution is 9.10. The second-order valence-corrected chi connectivity index (χ2v) is 8.31. The number of benzene rings is 3. The Balaban J connectivity index is 1.55. The summed E-state index contributed by atoms with van der Waals surface area (Å²) in [5, 5.41) is 2.17. The molecule has 0 aromatic heterocycles. The van der Waals surface area contributed by atoms with Crippen LogP contribution in [-0.2, 0) is 20.9 Å². The van der Waals surface area contributed by atoms with Gasteiger partial charge in [0.25, 0.3) is 11.8 Å². The van der Waals surface area contributed by atoms with E-state index >= 15 is 0 Å². The van der Waals surface area contributed by atoms with Gasteiger partial charge in [-0.25, -0.2) is 14.5 Å². The number of barbiturate groups is 1. The standard InChI is InChI=1S/C26H19BrN2O6/c1-34-25(32)18-8-10-19(11-9-18)29-24(31)20(23(30)28-26(29)33)13-17-7-12-22(21(27)14-17)35-15-16-5-3-2-4-6-16/h2-14H,15H2,1H3,(H,28,30,33)/b20-13+. The van der Waals surface area contributed by atoms with Crippen molar-refractivity contribution in [2.24, 2.45) is 0 Å². The summed E-state index contributed by atoms with van der Waals surface area (Å²) in [6.07, 6.45) is 1.39. The first kappa shape index (κ1) is 23.9. The van der Waals surface area contributed by atoms with Gasteiger partial charge in [-0.3, -0.25) is 14.9 Å². The fraction of sp³-hybridized carbons (Fsp3) is 0.0769. The molecule has 4 amide bonds. The Labute approximate surface area is 209 Å². The number of rotatable bonds is 6. The highest BCUT2D eigenvalue weighted by atomic mass is 79.9. The molecule has 4 rings (SSSR count). The summed E-state index contributed by atoms with van der Waals surface area (Å²) in [6, 6.07) is 19.6. The summed E-state index contributed by atoms with van der Waals surface area (Å²) >= 11 is 3.46. The summed E-state index contributed by atoms with van der Waals surface area (Å²) in [5.74, 6) is -1.55. The number of nitrogens with zero attached hydrogens (tertiary/aromatic N) is 1. The molecule has 0 atom stereocenters. The number of hydrogen-bond acceptors (Lipinski definition) is 6. The van der Waals surface area contributed by atoms with Crippen molar-refractivity contribution in [3.8, 4) is 5.75 Å². The molecule has 0 unspecified atom stereocenters. The average molecular weight is 535 g/mol. The largest absolute Gasteiger partial charge is 0.488 e. The lowest BCUT2D eigenvalue weighted by Gasteiger charge is -2.26. The fourth-order valence-corrected chi connectivity index (χ4v) is 3.89. The first-order chi connectivity index (χ1) is 16.9. The van der Waals surface area contributed by atoms with Crippen LogP contribution in [0.4, 0.5) is 10.5 Å². The van der Waals surface area contributed by atoms with Crippen LogP contribution in [0.5, 0.6) is 5.75 Å². The number of ether oxygens (including phenoxy) is 2. The lowest BCUT2D eigenvalue weighted by molar-refractivity contribution is -0.122. The predicted octanol–water partition coefficient (Wildman–Crippen LogP) is 4.48. The Bertz CT molecular complexity index is 1340. The van der Waals surface area contributed by atoms with Gasteiger partial charge in [0, 0.05) is 0 Å².